The van der Waals surface area contributed by atoms with Crippen molar-refractivity contribution in [1.29, 1.82) is 0 Å². The molecule has 0 aliphatic carbocycles. The number of para-hydroxylation sites is 1. The van der Waals surface area contributed by atoms with Crippen LogP contribution in [-0.2, 0) is 17.2 Å². The fourth-order valence-electron chi connectivity index (χ4n) is 1.73. The molecule has 1 aromatic heterocycles. The molecule has 0 fully saturated rings. The molecule has 0 atom stereocenters. The van der Waals surface area contributed by atoms with E-state index in [0.29, 0.717) is 29.9 Å². The third-order valence-corrected chi connectivity index (χ3v) is 2.82. The second-order valence-corrected chi connectivity index (χ2v) is 3.90. The van der Waals surface area contributed by atoms with Crippen LogP contribution in [-0.4, -0.2) is 23.3 Å². The average Bonchev–Trinajstić information content (AvgIpc) is 2.37. The van der Waals surface area contributed by atoms with Gasteiger partial charge in [0.05, 0.1) is 29.9 Å². The quantitative estimate of drug-likeness (QED) is 0.779. The van der Waals surface area contributed by atoms with Gasteiger partial charge in [0.1, 0.15) is 5.82 Å². The molecule has 0 N–H and O–H groups in total. The first-order valence-electron chi connectivity index (χ1n) is 5.31. The van der Waals surface area contributed by atoms with Crippen LogP contribution in [0.4, 0.5) is 0 Å². The Labute approximate surface area is 104 Å². The first-order chi connectivity index (χ1) is 8.27. The number of hydrogen-bond acceptors (Lipinski definition) is 3. The smallest absolute Gasteiger partial charge is 0.261 e. The lowest BCUT2D eigenvalue weighted by Gasteiger charge is -2.10. The molecule has 0 spiro atoms. The molecule has 4 nitrogen and oxygen atoms in total. The largest absolute Gasteiger partial charge is 0.383 e. The van der Waals surface area contributed by atoms with Gasteiger partial charge in [-0.15, -0.1) is 11.6 Å². The highest BCUT2D eigenvalue weighted by Crippen LogP contribution is 2.09. The third-order valence-electron chi connectivity index (χ3n) is 2.58. The molecule has 0 amide bonds. The van der Waals surface area contributed by atoms with E-state index < -0.39 is 0 Å². The van der Waals surface area contributed by atoms with Crippen LogP contribution in [0.5, 0.6) is 0 Å². The minimum atomic E-state index is -0.0664. The van der Waals surface area contributed by atoms with Crippen molar-refractivity contribution < 1.29 is 4.74 Å². The van der Waals surface area contributed by atoms with Gasteiger partial charge in [-0.3, -0.25) is 9.36 Å². The van der Waals surface area contributed by atoms with Crippen molar-refractivity contribution in [3.05, 3.63) is 40.4 Å². The first-order valence-corrected chi connectivity index (χ1v) is 5.84. The van der Waals surface area contributed by atoms with E-state index in [0.717, 1.165) is 0 Å². The molecule has 1 heterocycles. The third kappa shape index (κ3) is 2.33. The molecular weight excluding hydrogens is 240 g/mol. The molecule has 5 heteroatoms. The van der Waals surface area contributed by atoms with E-state index in [-0.39, 0.29) is 11.4 Å². The van der Waals surface area contributed by atoms with Gasteiger partial charge >= 0.3 is 0 Å². The summed E-state index contributed by atoms with van der Waals surface area (Å²) in [6, 6.07) is 7.26. The van der Waals surface area contributed by atoms with Crippen LogP contribution in [0.15, 0.2) is 29.1 Å². The Morgan fingerprint density at radius 1 is 1.41 bits per heavy atom. The number of fused-ring (bicyclic) bond motifs is 1. The number of rotatable bonds is 4. The van der Waals surface area contributed by atoms with E-state index in [1.54, 1.807) is 17.7 Å². The maximum Gasteiger partial charge on any atom is 0.261 e. The fourth-order valence-corrected chi connectivity index (χ4v) is 1.93. The van der Waals surface area contributed by atoms with Crippen LogP contribution in [0.25, 0.3) is 10.9 Å². The highest BCUT2D eigenvalue weighted by molar-refractivity contribution is 6.16. The Bertz CT molecular complexity index is 580. The Morgan fingerprint density at radius 2 is 2.18 bits per heavy atom. The van der Waals surface area contributed by atoms with Gasteiger partial charge in [0.2, 0.25) is 0 Å². The minimum absolute atomic E-state index is 0.0664. The van der Waals surface area contributed by atoms with Gasteiger partial charge in [0.25, 0.3) is 5.56 Å². The number of nitrogens with zero attached hydrogens (tertiary/aromatic N) is 2. The van der Waals surface area contributed by atoms with Gasteiger partial charge in [-0.05, 0) is 12.1 Å². The number of alkyl halides is 1. The summed E-state index contributed by atoms with van der Waals surface area (Å²) in [6.07, 6.45) is 0. The summed E-state index contributed by atoms with van der Waals surface area (Å²) < 4.78 is 6.55. The molecule has 2 rings (SSSR count). The number of aromatic nitrogens is 2. The van der Waals surface area contributed by atoms with E-state index in [4.69, 9.17) is 16.3 Å². The number of benzene rings is 1. The maximum atomic E-state index is 12.2. The molecule has 0 bridgehead atoms. The highest BCUT2D eigenvalue weighted by atomic mass is 35.5. The van der Waals surface area contributed by atoms with Crippen molar-refractivity contribution in [2.24, 2.45) is 0 Å². The second-order valence-electron chi connectivity index (χ2n) is 3.63. The second kappa shape index (κ2) is 5.29. The molecule has 0 aliphatic rings. The van der Waals surface area contributed by atoms with Crippen molar-refractivity contribution in [1.82, 2.24) is 9.55 Å². The summed E-state index contributed by atoms with van der Waals surface area (Å²) in [5.41, 5.74) is 0.616. The zero-order valence-corrected chi connectivity index (χ0v) is 10.3. The van der Waals surface area contributed by atoms with E-state index in [2.05, 4.69) is 4.98 Å². The lowest BCUT2D eigenvalue weighted by Crippen LogP contribution is -2.26. The molecule has 2 aromatic rings. The predicted molar refractivity (Wildman–Crippen MR) is 67.4 cm³/mol. The van der Waals surface area contributed by atoms with Crippen LogP contribution in [0.3, 0.4) is 0 Å². The average molecular weight is 253 g/mol. The van der Waals surface area contributed by atoms with E-state index in [1.807, 2.05) is 18.2 Å². The summed E-state index contributed by atoms with van der Waals surface area (Å²) in [7, 11) is 1.60. The van der Waals surface area contributed by atoms with Gasteiger partial charge in [-0.1, -0.05) is 12.1 Å². The van der Waals surface area contributed by atoms with Crippen molar-refractivity contribution in [3.63, 3.8) is 0 Å². The Kier molecular flexibility index (Phi) is 3.76. The molecular formula is C12H13ClN2O2. The molecule has 0 saturated carbocycles. The molecule has 1 aromatic carbocycles. The van der Waals surface area contributed by atoms with Crippen molar-refractivity contribution in [2.75, 3.05) is 13.7 Å². The number of methoxy groups -OCH3 is 1. The summed E-state index contributed by atoms with van der Waals surface area (Å²) in [5, 5.41) is 0.609. The number of ether oxygens (including phenoxy) is 1. The summed E-state index contributed by atoms with van der Waals surface area (Å²) in [6.45, 7) is 0.930. The van der Waals surface area contributed by atoms with Gasteiger partial charge in [-0.25, -0.2) is 4.98 Å². The molecule has 0 unspecified atom stereocenters. The summed E-state index contributed by atoms with van der Waals surface area (Å²) in [4.78, 5) is 16.6. The zero-order chi connectivity index (χ0) is 12.3. The van der Waals surface area contributed by atoms with Gasteiger partial charge in [0, 0.05) is 7.11 Å². The lowest BCUT2D eigenvalue weighted by molar-refractivity contribution is 0.185. The van der Waals surface area contributed by atoms with E-state index in [1.165, 1.54) is 0 Å². The topological polar surface area (TPSA) is 44.1 Å². The van der Waals surface area contributed by atoms with Crippen LogP contribution in [0, 0.1) is 0 Å². The van der Waals surface area contributed by atoms with E-state index >= 15 is 0 Å². The molecule has 90 valence electrons. The van der Waals surface area contributed by atoms with Crippen LogP contribution >= 0.6 is 11.6 Å². The normalized spacial score (nSPS) is 10.9. The van der Waals surface area contributed by atoms with Crippen LogP contribution in [0.2, 0.25) is 0 Å². The number of halogens is 1. The monoisotopic (exact) mass is 252 g/mol. The van der Waals surface area contributed by atoms with Gasteiger partial charge in [-0.2, -0.15) is 0 Å². The maximum absolute atomic E-state index is 12.2. The summed E-state index contributed by atoms with van der Waals surface area (Å²) in [5.74, 6) is 0.788. The Morgan fingerprint density at radius 3 is 2.88 bits per heavy atom. The Balaban J connectivity index is 2.63. The van der Waals surface area contributed by atoms with Crippen LogP contribution in [0.1, 0.15) is 5.82 Å². The van der Waals surface area contributed by atoms with Crippen LogP contribution < -0.4 is 5.56 Å². The molecule has 0 saturated heterocycles. The SMILES string of the molecule is COCCn1c(CCl)nc2ccccc2c1=O. The van der Waals surface area contributed by atoms with Gasteiger partial charge < -0.3 is 4.74 Å². The summed E-state index contributed by atoms with van der Waals surface area (Å²) >= 11 is 5.82. The first kappa shape index (κ1) is 12.1. The molecule has 0 radical (unpaired) electrons. The van der Waals surface area contributed by atoms with Gasteiger partial charge in [0.15, 0.2) is 0 Å². The fraction of sp³-hybridized carbons (Fsp3) is 0.333. The minimum Gasteiger partial charge on any atom is -0.383 e. The standard InChI is InChI=1S/C12H13ClN2O2/c1-17-7-6-15-11(8-13)14-10-5-3-2-4-9(10)12(15)16/h2-5H,6-8H2,1H3. The lowest BCUT2D eigenvalue weighted by atomic mass is 10.2. The van der Waals surface area contributed by atoms with Crippen molar-refractivity contribution in [2.45, 2.75) is 12.4 Å². The Hall–Kier alpha value is -1.39. The predicted octanol–water partition coefficient (Wildman–Crippen LogP) is 1.78. The highest BCUT2D eigenvalue weighted by Gasteiger charge is 2.09. The van der Waals surface area contributed by atoms with Crippen molar-refractivity contribution >= 4 is 22.5 Å². The zero-order valence-electron chi connectivity index (χ0n) is 9.52. The molecule has 0 aliphatic heterocycles. The van der Waals surface area contributed by atoms with Crippen molar-refractivity contribution in [3.8, 4) is 0 Å². The van der Waals surface area contributed by atoms with E-state index in [9.17, 15) is 4.79 Å². The number of hydrogen-bond donors (Lipinski definition) is 0. The molecule has 17 heavy (non-hydrogen) atoms.